The molecule has 2 aliphatic rings. The van der Waals surface area contributed by atoms with Gasteiger partial charge in [-0.25, -0.2) is 4.39 Å². The van der Waals surface area contributed by atoms with Crippen LogP contribution in [0, 0.1) is 5.82 Å². The number of aliphatic hydroxyl groups is 1. The molecule has 0 amide bonds. The molecule has 3 aromatic rings. The molecule has 2 aromatic carbocycles. The second-order valence-electron chi connectivity index (χ2n) is 11.1. The van der Waals surface area contributed by atoms with Crippen molar-refractivity contribution in [3.63, 3.8) is 0 Å². The van der Waals surface area contributed by atoms with Crippen LogP contribution in [0.4, 0.5) is 4.39 Å². The van der Waals surface area contributed by atoms with Crippen LogP contribution < -0.4 is 0 Å². The molecule has 1 aliphatic heterocycles. The van der Waals surface area contributed by atoms with Gasteiger partial charge in [-0.05, 0) is 42.0 Å². The van der Waals surface area contributed by atoms with Crippen LogP contribution in [0.15, 0.2) is 48.7 Å². The molecule has 2 fully saturated rings. The second kappa shape index (κ2) is 12.7. The Morgan fingerprint density at radius 1 is 0.886 bits per heavy atom. The van der Waals surface area contributed by atoms with Crippen molar-refractivity contribution in [2.45, 2.75) is 83.2 Å². The number of hydrogen-bond donors (Lipinski definition) is 1. The van der Waals surface area contributed by atoms with Crippen molar-refractivity contribution in [2.24, 2.45) is 0 Å². The van der Waals surface area contributed by atoms with E-state index < -0.39 is 73.0 Å². The molecule has 1 saturated heterocycles. The summed E-state index contributed by atoms with van der Waals surface area (Å²) in [5.74, 6) is -3.04. The van der Waals surface area contributed by atoms with Crippen molar-refractivity contribution in [1.82, 2.24) is 4.57 Å². The van der Waals surface area contributed by atoms with Crippen LogP contribution in [0.5, 0.6) is 0 Å². The van der Waals surface area contributed by atoms with Crippen molar-refractivity contribution in [1.29, 1.82) is 0 Å². The molecule has 0 spiro atoms. The predicted molar refractivity (Wildman–Crippen MR) is 152 cm³/mol. The van der Waals surface area contributed by atoms with Gasteiger partial charge in [-0.1, -0.05) is 30.3 Å². The number of ether oxygens (including phenoxy) is 5. The molecule has 12 heteroatoms. The molecule has 0 bridgehead atoms. The van der Waals surface area contributed by atoms with Gasteiger partial charge in [-0.3, -0.25) is 19.2 Å². The monoisotopic (exact) mass is 611 g/mol. The molecular formula is C32H34FNO10. The number of rotatable bonds is 9. The summed E-state index contributed by atoms with van der Waals surface area (Å²) in [5.41, 5.74) is 2.20. The van der Waals surface area contributed by atoms with Gasteiger partial charge in [0.25, 0.3) is 0 Å². The van der Waals surface area contributed by atoms with Crippen LogP contribution in [0.25, 0.3) is 10.9 Å². The predicted octanol–water partition coefficient (Wildman–Crippen LogP) is 4.00. The summed E-state index contributed by atoms with van der Waals surface area (Å²) in [6.07, 6.45) is -4.18. The topological polar surface area (TPSA) is 140 Å². The fourth-order valence-electron chi connectivity index (χ4n) is 5.69. The third-order valence-electron chi connectivity index (χ3n) is 7.67. The van der Waals surface area contributed by atoms with Crippen molar-refractivity contribution in [3.05, 3.63) is 71.2 Å². The maximum atomic E-state index is 15.5. The number of hydrogen-bond acceptors (Lipinski definition) is 10. The Morgan fingerprint density at radius 3 is 2.09 bits per heavy atom. The van der Waals surface area contributed by atoms with Crippen LogP contribution in [0.2, 0.25) is 0 Å². The zero-order chi connectivity index (χ0) is 31.7. The molecular weight excluding hydrogens is 577 g/mol. The number of benzene rings is 2. The number of aliphatic hydroxyl groups excluding tert-OH is 1. The van der Waals surface area contributed by atoms with E-state index in [0.29, 0.717) is 11.5 Å². The molecule has 1 unspecified atom stereocenters. The maximum absolute atomic E-state index is 15.5. The summed E-state index contributed by atoms with van der Waals surface area (Å²) < 4.78 is 45.0. The zero-order valence-electron chi connectivity index (χ0n) is 24.7. The highest BCUT2D eigenvalue weighted by Gasteiger charge is 2.53. The quantitative estimate of drug-likeness (QED) is 0.279. The van der Waals surface area contributed by atoms with E-state index in [0.717, 1.165) is 33.6 Å². The van der Waals surface area contributed by atoms with E-state index in [4.69, 9.17) is 23.7 Å². The highest BCUT2D eigenvalue weighted by atomic mass is 19.1. The molecule has 2 heterocycles. The van der Waals surface area contributed by atoms with E-state index in [-0.39, 0.29) is 16.5 Å². The Balaban J connectivity index is 1.63. The summed E-state index contributed by atoms with van der Waals surface area (Å²) in [7, 11) is 0. The van der Waals surface area contributed by atoms with Gasteiger partial charge in [-0.2, -0.15) is 0 Å². The fourth-order valence-corrected chi connectivity index (χ4v) is 5.69. The lowest BCUT2D eigenvalue weighted by Gasteiger charge is -2.44. The Bertz CT molecular complexity index is 1560. The first-order chi connectivity index (χ1) is 20.9. The van der Waals surface area contributed by atoms with Gasteiger partial charge in [0.05, 0.1) is 5.52 Å². The Kier molecular flexibility index (Phi) is 9.02. The molecule has 5 rings (SSSR count). The second-order valence-corrected chi connectivity index (χ2v) is 11.1. The summed E-state index contributed by atoms with van der Waals surface area (Å²) in [6, 6.07) is 11.8. The van der Waals surface area contributed by atoms with Gasteiger partial charge >= 0.3 is 23.9 Å². The van der Waals surface area contributed by atoms with E-state index in [2.05, 4.69) is 0 Å². The first-order valence-electron chi connectivity index (χ1n) is 14.3. The minimum atomic E-state index is -1.41. The number of aromatic nitrogens is 1. The molecule has 0 radical (unpaired) electrons. The molecule has 11 nitrogen and oxygen atoms in total. The summed E-state index contributed by atoms with van der Waals surface area (Å²) in [6.45, 7) is 4.17. The molecule has 1 aliphatic carbocycles. The maximum Gasteiger partial charge on any atom is 0.303 e. The van der Waals surface area contributed by atoms with E-state index in [1.807, 2.05) is 12.1 Å². The van der Waals surface area contributed by atoms with Crippen molar-refractivity contribution in [3.8, 4) is 0 Å². The first kappa shape index (κ1) is 31.1. The Hall–Kier alpha value is -4.29. The largest absolute Gasteiger partial charge is 0.463 e. The van der Waals surface area contributed by atoms with Crippen molar-refractivity contribution in [2.75, 3.05) is 6.61 Å². The van der Waals surface area contributed by atoms with Gasteiger partial charge in [0.1, 0.15) is 24.6 Å². The third kappa shape index (κ3) is 6.61. The number of nitrogens with zero attached hydrogens (tertiary/aromatic N) is 1. The van der Waals surface area contributed by atoms with Gasteiger partial charge in [0.2, 0.25) is 0 Å². The zero-order valence-corrected chi connectivity index (χ0v) is 24.7. The van der Waals surface area contributed by atoms with Crippen LogP contribution in [-0.2, 0) is 42.9 Å². The van der Waals surface area contributed by atoms with Gasteiger partial charge in [-0.15, -0.1) is 0 Å². The summed E-state index contributed by atoms with van der Waals surface area (Å²) in [4.78, 5) is 48.4. The SMILES string of the molecule is CC(=O)OC[C@H]1O[C@@H](n2cc(C(O)c3ccc(C4CC4)cc3)c3c(F)cccc32)[C@H](OC(C)=O)[C@@H](OC(C)=O)[C@@H]1OC(C)=O. The van der Waals surface area contributed by atoms with Crippen LogP contribution in [0.3, 0.4) is 0 Å². The number of esters is 4. The van der Waals surface area contributed by atoms with E-state index in [1.165, 1.54) is 35.4 Å². The molecule has 234 valence electrons. The van der Waals surface area contributed by atoms with Crippen LogP contribution in [0.1, 0.15) is 75.5 Å². The van der Waals surface area contributed by atoms with Crippen LogP contribution in [-0.4, -0.2) is 64.6 Å². The van der Waals surface area contributed by atoms with Gasteiger partial charge in [0, 0.05) is 44.8 Å². The standard InChI is InChI=1S/C32H34FNO10/c1-16(35)40-15-26-29(41-17(2)36)30(42-18(3)37)31(43-19(4)38)32(44-26)34-14-23(27-24(33)6-5-7-25(27)34)28(39)22-12-10-21(11-13-22)20-8-9-20/h5-7,10-14,20,26,28-32,39H,8-9,15H2,1-4H3/t26-,28?,29-,30+,31-,32-/m1/s1. The molecule has 1 N–H and O–H groups in total. The molecule has 44 heavy (non-hydrogen) atoms. The average molecular weight is 612 g/mol. The Morgan fingerprint density at radius 2 is 1.50 bits per heavy atom. The van der Waals surface area contributed by atoms with Crippen molar-refractivity contribution >= 4 is 34.8 Å². The Labute approximate surface area is 252 Å². The third-order valence-corrected chi connectivity index (χ3v) is 7.67. The fraction of sp³-hybridized carbons (Fsp3) is 0.438. The summed E-state index contributed by atoms with van der Waals surface area (Å²) >= 11 is 0. The number of halogens is 1. The van der Waals surface area contributed by atoms with E-state index in [1.54, 1.807) is 18.2 Å². The summed E-state index contributed by atoms with van der Waals surface area (Å²) in [5, 5.41) is 11.6. The highest BCUT2D eigenvalue weighted by Crippen LogP contribution is 2.42. The number of carbonyl (C=O) groups is 4. The molecule has 1 aromatic heterocycles. The lowest BCUT2D eigenvalue weighted by Crippen LogP contribution is -2.60. The minimum absolute atomic E-state index is 0.0964. The normalized spacial score (nSPS) is 23.9. The molecule has 6 atom stereocenters. The number of fused-ring (bicyclic) bond motifs is 1. The molecule has 1 saturated carbocycles. The van der Waals surface area contributed by atoms with Crippen molar-refractivity contribution < 1.29 is 52.4 Å². The lowest BCUT2D eigenvalue weighted by molar-refractivity contribution is -0.267. The number of carbonyl (C=O) groups excluding carboxylic acids is 4. The van der Waals surface area contributed by atoms with Gasteiger partial charge < -0.3 is 33.4 Å². The highest BCUT2D eigenvalue weighted by molar-refractivity contribution is 5.85. The van der Waals surface area contributed by atoms with Gasteiger partial charge in [0.15, 0.2) is 24.5 Å². The lowest BCUT2D eigenvalue weighted by atomic mass is 9.97. The minimum Gasteiger partial charge on any atom is -0.463 e. The first-order valence-corrected chi connectivity index (χ1v) is 14.3. The van der Waals surface area contributed by atoms with E-state index in [9.17, 15) is 24.3 Å². The smallest absolute Gasteiger partial charge is 0.303 e. The van der Waals surface area contributed by atoms with Crippen LogP contribution >= 0.6 is 0 Å². The average Bonchev–Trinajstić information content (AvgIpc) is 3.74. The van der Waals surface area contributed by atoms with E-state index >= 15 is 4.39 Å².